The van der Waals surface area contributed by atoms with Crippen LogP contribution >= 0.6 is 0 Å². The molecule has 0 bridgehead atoms. The van der Waals surface area contributed by atoms with Crippen LogP contribution in [0.2, 0.25) is 0 Å². The van der Waals surface area contributed by atoms with E-state index in [-0.39, 0.29) is 32.3 Å². The molecule has 0 aliphatic rings. The number of nitrogens with one attached hydrogen (secondary N) is 1. The Kier molecular flexibility index (Phi) is 42.5. The second kappa shape index (κ2) is 46.8. The van der Waals surface area contributed by atoms with E-state index in [4.69, 9.17) is 25.1 Å². The summed E-state index contributed by atoms with van der Waals surface area (Å²) in [5.74, 6) is -2.50. The predicted molar refractivity (Wildman–Crippen MR) is 284 cm³/mol. The van der Waals surface area contributed by atoms with Gasteiger partial charge in [0.15, 0.2) is 0 Å². The van der Waals surface area contributed by atoms with Crippen molar-refractivity contribution in [2.75, 3.05) is 46.0 Å². The number of amides is 2. The normalized spacial score (nSPS) is 11.9. The summed E-state index contributed by atoms with van der Waals surface area (Å²) < 4.78 is 16.3. The molecular formula is C57H96N4O9. The molecule has 1 aromatic rings. The van der Waals surface area contributed by atoms with E-state index in [1.165, 1.54) is 116 Å². The lowest BCUT2D eigenvalue weighted by atomic mass is 10.1. The van der Waals surface area contributed by atoms with E-state index in [9.17, 15) is 24.0 Å². The van der Waals surface area contributed by atoms with Crippen LogP contribution < -0.4 is 11.1 Å². The summed E-state index contributed by atoms with van der Waals surface area (Å²) in [6, 6.07) is 5.92. The lowest BCUT2D eigenvalue weighted by molar-refractivity contribution is -0.148. The fourth-order valence-corrected chi connectivity index (χ4v) is 7.74. The Morgan fingerprint density at radius 2 is 1.00 bits per heavy atom. The van der Waals surface area contributed by atoms with Gasteiger partial charge in [-0.1, -0.05) is 166 Å². The van der Waals surface area contributed by atoms with Gasteiger partial charge >= 0.3 is 24.0 Å². The highest BCUT2D eigenvalue weighted by Crippen LogP contribution is 2.13. The number of allylic oxidation sites excluding steroid dienone is 4. The topological polar surface area (TPSA) is 187 Å². The quantitative estimate of drug-likeness (QED) is 0.0186. The minimum atomic E-state index is -1.03. The molecule has 1 aromatic carbocycles. The Labute approximate surface area is 423 Å². The number of unbranched alkanes of at least 4 members (excludes halogenated alkanes) is 25. The third-order valence-electron chi connectivity index (χ3n) is 12.1. The maximum absolute atomic E-state index is 13.1. The van der Waals surface area contributed by atoms with Crippen LogP contribution in [0.15, 0.2) is 53.6 Å². The zero-order valence-electron chi connectivity index (χ0n) is 43.8. The maximum atomic E-state index is 13.1. The van der Waals surface area contributed by atoms with Crippen LogP contribution in [0.25, 0.3) is 0 Å². The average Bonchev–Trinajstić information content (AvgIpc) is 3.35. The number of aliphatic imine (C=N–C) groups is 1. The van der Waals surface area contributed by atoms with Crippen molar-refractivity contribution in [2.45, 2.75) is 219 Å². The monoisotopic (exact) mass is 981 g/mol. The zero-order chi connectivity index (χ0) is 51.0. The fraction of sp³-hybridized carbons (Fsp3) is 0.719. The van der Waals surface area contributed by atoms with Crippen LogP contribution in [0.4, 0.5) is 4.79 Å². The van der Waals surface area contributed by atoms with Gasteiger partial charge in [0.2, 0.25) is 0 Å². The van der Waals surface area contributed by atoms with Crippen molar-refractivity contribution in [1.82, 2.24) is 10.2 Å². The number of carboxylic acids is 1. The van der Waals surface area contributed by atoms with Crippen molar-refractivity contribution in [2.24, 2.45) is 10.7 Å². The van der Waals surface area contributed by atoms with Gasteiger partial charge in [0, 0.05) is 18.3 Å². The van der Waals surface area contributed by atoms with Crippen molar-refractivity contribution in [1.29, 1.82) is 0 Å². The van der Waals surface area contributed by atoms with E-state index in [0.717, 1.165) is 74.7 Å². The summed E-state index contributed by atoms with van der Waals surface area (Å²) in [6.45, 7) is 4.58. The highest BCUT2D eigenvalue weighted by Gasteiger charge is 2.23. The molecule has 398 valence electrons. The summed E-state index contributed by atoms with van der Waals surface area (Å²) in [7, 11) is 0. The van der Waals surface area contributed by atoms with Gasteiger partial charge in [-0.15, -0.1) is 0 Å². The highest BCUT2D eigenvalue weighted by atomic mass is 16.6. The standard InChI is InChI=1S/C57H96N4O9/c1-3-5-7-9-11-13-15-17-19-21-23-25-27-29-31-35-44-68-53(62)48-61(49-54(63)69-45-36-32-30-28-26-24-22-20-18-16-14-12-10-8-6-4-2)57(67)70-46-43-59-47-50-38-40-51(41-39-50)55(64)60-42-34-33-37-52(58)56(65)66/h17-20,38-41,47,52H,3-16,21-37,42-46,48-49,58H2,1-2H3,(H,60,64)(H,65,66)/b19-17+,20-18+,59-47?. The average molecular weight is 981 g/mol. The highest BCUT2D eigenvalue weighted by molar-refractivity contribution is 5.95. The van der Waals surface area contributed by atoms with Gasteiger partial charge in [-0.25, -0.2) is 4.79 Å². The number of esters is 2. The van der Waals surface area contributed by atoms with Crippen LogP contribution in [0, 0.1) is 0 Å². The number of hydrogen-bond donors (Lipinski definition) is 3. The van der Waals surface area contributed by atoms with Crippen molar-refractivity contribution < 1.29 is 43.3 Å². The molecule has 0 aliphatic carbocycles. The van der Waals surface area contributed by atoms with Gasteiger partial charge < -0.3 is 30.4 Å². The molecule has 4 N–H and O–H groups in total. The van der Waals surface area contributed by atoms with E-state index in [1.54, 1.807) is 30.5 Å². The molecule has 13 heteroatoms. The number of carbonyl (C=O) groups is 5. The van der Waals surface area contributed by atoms with Gasteiger partial charge in [0.25, 0.3) is 5.91 Å². The number of hydrogen-bond acceptors (Lipinski definition) is 10. The van der Waals surface area contributed by atoms with Gasteiger partial charge in [-0.3, -0.25) is 29.1 Å². The molecular weight excluding hydrogens is 885 g/mol. The number of aliphatic carboxylic acids is 1. The van der Waals surface area contributed by atoms with Gasteiger partial charge in [-0.05, 0) is 101 Å². The summed E-state index contributed by atoms with van der Waals surface area (Å²) in [4.78, 5) is 67.5. The Morgan fingerprint density at radius 1 is 0.571 bits per heavy atom. The Hall–Kier alpha value is -4.52. The third kappa shape index (κ3) is 39.2. The summed E-state index contributed by atoms with van der Waals surface area (Å²) >= 11 is 0. The number of nitrogens with two attached hydrogens (primary N) is 1. The largest absolute Gasteiger partial charge is 0.480 e. The zero-order valence-corrected chi connectivity index (χ0v) is 43.8. The van der Waals surface area contributed by atoms with Gasteiger partial charge in [0.1, 0.15) is 25.7 Å². The predicted octanol–water partition coefficient (Wildman–Crippen LogP) is 13.0. The van der Waals surface area contributed by atoms with Gasteiger partial charge in [0.05, 0.1) is 19.8 Å². The molecule has 13 nitrogen and oxygen atoms in total. The van der Waals surface area contributed by atoms with Crippen LogP contribution in [-0.2, 0) is 28.6 Å². The molecule has 0 spiro atoms. The number of benzene rings is 1. The molecule has 1 unspecified atom stereocenters. The third-order valence-corrected chi connectivity index (χ3v) is 12.1. The van der Waals surface area contributed by atoms with Crippen LogP contribution in [0.5, 0.6) is 0 Å². The van der Waals surface area contributed by atoms with E-state index in [0.29, 0.717) is 31.4 Å². The first-order valence-electron chi connectivity index (χ1n) is 27.6. The summed E-state index contributed by atoms with van der Waals surface area (Å²) in [6.07, 6.45) is 44.7. The molecule has 70 heavy (non-hydrogen) atoms. The van der Waals surface area contributed by atoms with Crippen molar-refractivity contribution >= 4 is 36.1 Å². The SMILES string of the molecule is CCCCCCCC/C=C/CCCCCCCCOC(=O)CN(CC(=O)OCCCCCCCC/C=C/CCCCCCCC)C(=O)OCCN=Cc1ccc(C(=O)NCCCCC(N)C(=O)O)cc1. The first-order chi connectivity index (χ1) is 34.2. The van der Waals surface area contributed by atoms with E-state index >= 15 is 0 Å². The molecule has 0 fully saturated rings. The summed E-state index contributed by atoms with van der Waals surface area (Å²) in [5, 5.41) is 11.7. The van der Waals surface area contributed by atoms with Crippen molar-refractivity contribution in [3.8, 4) is 0 Å². The molecule has 0 saturated heterocycles. The molecule has 0 aliphatic heterocycles. The molecule has 0 saturated carbocycles. The Bertz CT molecular complexity index is 1510. The molecule has 1 rings (SSSR count). The molecule has 1 atom stereocenters. The fourth-order valence-electron chi connectivity index (χ4n) is 7.74. The van der Waals surface area contributed by atoms with Crippen LogP contribution in [0.3, 0.4) is 0 Å². The number of ether oxygens (including phenoxy) is 3. The first kappa shape index (κ1) is 63.5. The number of nitrogens with zero attached hydrogens (tertiary/aromatic N) is 2. The Balaban J connectivity index is 2.46. The first-order valence-corrected chi connectivity index (χ1v) is 27.6. The smallest absolute Gasteiger partial charge is 0.410 e. The molecule has 0 heterocycles. The van der Waals surface area contributed by atoms with Gasteiger partial charge in [-0.2, -0.15) is 0 Å². The maximum Gasteiger partial charge on any atom is 0.410 e. The number of rotatable bonds is 47. The lowest BCUT2D eigenvalue weighted by Crippen LogP contribution is -2.41. The van der Waals surface area contributed by atoms with E-state index in [2.05, 4.69) is 48.5 Å². The summed E-state index contributed by atoms with van der Waals surface area (Å²) in [5.41, 5.74) is 6.72. The Morgan fingerprint density at radius 3 is 1.44 bits per heavy atom. The minimum Gasteiger partial charge on any atom is -0.480 e. The molecule has 2 amide bonds. The minimum absolute atomic E-state index is 0.0846. The molecule has 0 radical (unpaired) electrons. The second-order valence-electron chi connectivity index (χ2n) is 18.6. The molecule has 0 aromatic heterocycles. The van der Waals surface area contributed by atoms with E-state index < -0.39 is 43.1 Å². The number of carbonyl (C=O) groups excluding carboxylic acids is 4. The van der Waals surface area contributed by atoms with Crippen molar-refractivity contribution in [3.63, 3.8) is 0 Å². The van der Waals surface area contributed by atoms with Crippen LogP contribution in [0.1, 0.15) is 229 Å². The van der Waals surface area contributed by atoms with Crippen LogP contribution in [-0.4, -0.2) is 98.2 Å². The second-order valence-corrected chi connectivity index (χ2v) is 18.6. The lowest BCUT2D eigenvalue weighted by Gasteiger charge is -2.20. The van der Waals surface area contributed by atoms with Crippen molar-refractivity contribution in [3.05, 3.63) is 59.7 Å². The van der Waals surface area contributed by atoms with E-state index in [1.807, 2.05) is 0 Å². The number of carboxylic acid groups (broad SMARTS) is 1.